The number of para-hydroxylation sites is 1. The number of hydrogen-bond donors (Lipinski definition) is 2. The Bertz CT molecular complexity index is 1080. The van der Waals surface area contributed by atoms with E-state index in [4.69, 9.17) is 9.47 Å². The fourth-order valence-electron chi connectivity index (χ4n) is 2.75. The van der Waals surface area contributed by atoms with Gasteiger partial charge in [0.25, 0.3) is 11.8 Å². The van der Waals surface area contributed by atoms with E-state index in [0.717, 1.165) is 5.56 Å². The number of hydrogen-bond acceptors (Lipinski definition) is 5. The van der Waals surface area contributed by atoms with Crippen LogP contribution in [0.5, 0.6) is 5.75 Å². The second kappa shape index (κ2) is 10.1. The molecule has 0 aromatic heterocycles. The van der Waals surface area contributed by atoms with Gasteiger partial charge in [0.05, 0.1) is 18.4 Å². The minimum Gasteiger partial charge on any atom is -0.497 e. The molecule has 0 spiro atoms. The van der Waals surface area contributed by atoms with E-state index in [1.807, 2.05) is 19.1 Å². The molecule has 0 saturated heterocycles. The van der Waals surface area contributed by atoms with Gasteiger partial charge >= 0.3 is 5.97 Å². The fraction of sp³-hybridized carbons (Fsp3) is 0.125. The van der Waals surface area contributed by atoms with Crippen molar-refractivity contribution in [3.8, 4) is 5.75 Å². The zero-order valence-corrected chi connectivity index (χ0v) is 17.2. The third-order valence-electron chi connectivity index (χ3n) is 4.42. The molecule has 3 aromatic rings. The lowest BCUT2D eigenvalue weighted by Crippen LogP contribution is -2.22. The zero-order chi connectivity index (χ0) is 22.2. The van der Waals surface area contributed by atoms with Crippen LogP contribution >= 0.6 is 0 Å². The van der Waals surface area contributed by atoms with Crippen LogP contribution in [0.1, 0.15) is 26.3 Å². The molecule has 0 heterocycles. The van der Waals surface area contributed by atoms with Gasteiger partial charge in [0.15, 0.2) is 6.61 Å². The fourth-order valence-corrected chi connectivity index (χ4v) is 2.75. The Kier molecular flexibility index (Phi) is 7.01. The quantitative estimate of drug-likeness (QED) is 0.565. The molecule has 3 rings (SSSR count). The molecular formula is C24H22N2O5. The maximum absolute atomic E-state index is 12.5. The second-order valence-electron chi connectivity index (χ2n) is 6.72. The Morgan fingerprint density at radius 1 is 0.839 bits per heavy atom. The van der Waals surface area contributed by atoms with Gasteiger partial charge in [0.2, 0.25) is 0 Å². The predicted molar refractivity (Wildman–Crippen MR) is 117 cm³/mol. The lowest BCUT2D eigenvalue weighted by molar-refractivity contribution is -0.119. The monoisotopic (exact) mass is 418 g/mol. The SMILES string of the molecule is COc1ccc(C(=O)Nc2ccccc2C(=O)OCC(=O)Nc2ccc(C)cc2)cc1. The van der Waals surface area contributed by atoms with Crippen LogP contribution in [0.3, 0.4) is 0 Å². The lowest BCUT2D eigenvalue weighted by atomic mass is 10.1. The highest BCUT2D eigenvalue weighted by atomic mass is 16.5. The number of carbonyl (C=O) groups excluding carboxylic acids is 3. The summed E-state index contributed by atoms with van der Waals surface area (Å²) in [4.78, 5) is 37.1. The molecule has 2 amide bonds. The van der Waals surface area contributed by atoms with Crippen molar-refractivity contribution in [1.82, 2.24) is 0 Å². The number of aryl methyl sites for hydroxylation is 1. The summed E-state index contributed by atoms with van der Waals surface area (Å²) in [6, 6.07) is 20.3. The Morgan fingerprint density at radius 2 is 1.52 bits per heavy atom. The van der Waals surface area contributed by atoms with E-state index < -0.39 is 18.5 Å². The maximum Gasteiger partial charge on any atom is 0.340 e. The summed E-state index contributed by atoms with van der Waals surface area (Å²) in [6.07, 6.45) is 0. The number of benzene rings is 3. The molecule has 3 aromatic carbocycles. The molecule has 0 aliphatic rings. The number of rotatable bonds is 7. The third-order valence-corrected chi connectivity index (χ3v) is 4.42. The summed E-state index contributed by atoms with van der Waals surface area (Å²) in [7, 11) is 1.54. The van der Waals surface area contributed by atoms with Crippen molar-refractivity contribution in [2.45, 2.75) is 6.92 Å². The smallest absolute Gasteiger partial charge is 0.340 e. The van der Waals surface area contributed by atoms with Gasteiger partial charge in [0, 0.05) is 11.3 Å². The number of amides is 2. The first kappa shape index (κ1) is 21.6. The summed E-state index contributed by atoms with van der Waals surface area (Å²) in [6.45, 7) is 1.49. The van der Waals surface area contributed by atoms with E-state index in [1.165, 1.54) is 13.2 Å². The van der Waals surface area contributed by atoms with E-state index in [9.17, 15) is 14.4 Å². The molecule has 0 fully saturated rings. The molecule has 7 heteroatoms. The minimum absolute atomic E-state index is 0.146. The van der Waals surface area contributed by atoms with Crippen molar-refractivity contribution in [2.24, 2.45) is 0 Å². The molecule has 0 radical (unpaired) electrons. The first-order valence-corrected chi connectivity index (χ1v) is 9.54. The molecule has 0 aliphatic heterocycles. The largest absolute Gasteiger partial charge is 0.497 e. The third kappa shape index (κ3) is 5.93. The summed E-state index contributed by atoms with van der Waals surface area (Å²) in [5, 5.41) is 5.35. The highest BCUT2D eigenvalue weighted by molar-refractivity contribution is 6.08. The van der Waals surface area contributed by atoms with Gasteiger partial charge in [-0.05, 0) is 55.5 Å². The number of esters is 1. The van der Waals surface area contributed by atoms with Crippen molar-refractivity contribution < 1.29 is 23.9 Å². The van der Waals surface area contributed by atoms with E-state index in [2.05, 4.69) is 10.6 Å². The molecule has 31 heavy (non-hydrogen) atoms. The van der Waals surface area contributed by atoms with Crippen LogP contribution in [-0.4, -0.2) is 31.5 Å². The Balaban J connectivity index is 1.61. The van der Waals surface area contributed by atoms with Gasteiger partial charge in [-0.15, -0.1) is 0 Å². The average molecular weight is 418 g/mol. The highest BCUT2D eigenvalue weighted by Crippen LogP contribution is 2.19. The van der Waals surface area contributed by atoms with Crippen LogP contribution in [0.25, 0.3) is 0 Å². The van der Waals surface area contributed by atoms with Gasteiger partial charge in [-0.3, -0.25) is 9.59 Å². The number of methoxy groups -OCH3 is 1. The van der Waals surface area contributed by atoms with Crippen molar-refractivity contribution in [3.63, 3.8) is 0 Å². The van der Waals surface area contributed by atoms with E-state index in [1.54, 1.807) is 54.6 Å². The Hall–Kier alpha value is -4.13. The number of nitrogens with one attached hydrogen (secondary N) is 2. The van der Waals surface area contributed by atoms with Crippen LogP contribution in [0.4, 0.5) is 11.4 Å². The van der Waals surface area contributed by atoms with Crippen molar-refractivity contribution in [1.29, 1.82) is 0 Å². The standard InChI is InChI=1S/C24H22N2O5/c1-16-7-11-18(12-8-16)25-22(27)15-31-24(29)20-5-3-4-6-21(20)26-23(28)17-9-13-19(30-2)14-10-17/h3-14H,15H2,1-2H3,(H,25,27)(H,26,28). The van der Waals surface area contributed by atoms with Gasteiger partial charge in [-0.25, -0.2) is 4.79 Å². The number of anilines is 2. The van der Waals surface area contributed by atoms with E-state index >= 15 is 0 Å². The first-order chi connectivity index (χ1) is 15.0. The van der Waals surface area contributed by atoms with Crippen LogP contribution in [0.2, 0.25) is 0 Å². The highest BCUT2D eigenvalue weighted by Gasteiger charge is 2.16. The van der Waals surface area contributed by atoms with E-state index in [-0.39, 0.29) is 17.2 Å². The maximum atomic E-state index is 12.5. The van der Waals surface area contributed by atoms with Crippen molar-refractivity contribution >= 4 is 29.2 Å². The van der Waals surface area contributed by atoms with Crippen molar-refractivity contribution in [3.05, 3.63) is 89.5 Å². The Morgan fingerprint density at radius 3 is 2.19 bits per heavy atom. The van der Waals surface area contributed by atoms with Crippen molar-refractivity contribution in [2.75, 3.05) is 24.4 Å². The van der Waals surface area contributed by atoms with Gasteiger partial charge in [-0.2, -0.15) is 0 Å². The van der Waals surface area contributed by atoms with Gasteiger partial charge in [-0.1, -0.05) is 29.8 Å². The van der Waals surface area contributed by atoms with E-state index in [0.29, 0.717) is 17.0 Å². The molecule has 7 nitrogen and oxygen atoms in total. The van der Waals surface area contributed by atoms with Gasteiger partial charge in [0.1, 0.15) is 5.75 Å². The minimum atomic E-state index is -0.718. The second-order valence-corrected chi connectivity index (χ2v) is 6.72. The molecule has 0 bridgehead atoms. The average Bonchev–Trinajstić information content (AvgIpc) is 2.79. The summed E-state index contributed by atoms with van der Waals surface area (Å²) in [5.74, 6) is -0.939. The number of carbonyl (C=O) groups is 3. The summed E-state index contributed by atoms with van der Waals surface area (Å²) in [5.41, 5.74) is 2.51. The van der Waals surface area contributed by atoms with Crippen LogP contribution in [0.15, 0.2) is 72.8 Å². The normalized spacial score (nSPS) is 10.1. The molecule has 158 valence electrons. The summed E-state index contributed by atoms with van der Waals surface area (Å²) < 4.78 is 10.2. The topological polar surface area (TPSA) is 93.7 Å². The van der Waals surface area contributed by atoms with Crippen LogP contribution in [0, 0.1) is 6.92 Å². The van der Waals surface area contributed by atoms with Gasteiger partial charge < -0.3 is 20.1 Å². The van der Waals surface area contributed by atoms with Crippen LogP contribution in [-0.2, 0) is 9.53 Å². The number of ether oxygens (including phenoxy) is 2. The molecule has 0 atom stereocenters. The molecular weight excluding hydrogens is 396 g/mol. The summed E-state index contributed by atoms with van der Waals surface area (Å²) >= 11 is 0. The first-order valence-electron chi connectivity index (χ1n) is 9.54. The lowest BCUT2D eigenvalue weighted by Gasteiger charge is -2.11. The molecule has 0 saturated carbocycles. The zero-order valence-electron chi connectivity index (χ0n) is 17.2. The molecule has 2 N–H and O–H groups in total. The Labute approximate surface area is 180 Å². The predicted octanol–water partition coefficient (Wildman–Crippen LogP) is 4.05. The molecule has 0 aliphatic carbocycles. The molecule has 0 unspecified atom stereocenters. The van der Waals surface area contributed by atoms with Crippen LogP contribution < -0.4 is 15.4 Å².